The first-order valence-electron chi connectivity index (χ1n) is 7.40. The van der Waals surface area contributed by atoms with Crippen LogP contribution in [0.4, 0.5) is 5.82 Å². The summed E-state index contributed by atoms with van der Waals surface area (Å²) in [6.07, 6.45) is 7.85. The van der Waals surface area contributed by atoms with Gasteiger partial charge in [0.1, 0.15) is 11.6 Å². The molecule has 1 saturated carbocycles. The average molecular weight is 284 g/mol. The molecule has 1 fully saturated rings. The Hall–Kier alpha value is -2.17. The molecule has 5 nitrogen and oxygen atoms in total. The maximum absolute atomic E-state index is 5.94. The molecule has 0 saturated heterocycles. The number of hydrogen-bond acceptors (Lipinski definition) is 5. The van der Waals surface area contributed by atoms with Crippen LogP contribution in [-0.4, -0.2) is 21.6 Å². The van der Waals surface area contributed by atoms with E-state index >= 15 is 0 Å². The molecule has 0 unspecified atom stereocenters. The van der Waals surface area contributed by atoms with Crippen molar-refractivity contribution in [3.63, 3.8) is 0 Å². The Morgan fingerprint density at radius 3 is 2.71 bits per heavy atom. The molecule has 0 radical (unpaired) electrons. The highest BCUT2D eigenvalue weighted by molar-refractivity contribution is 5.45. The van der Waals surface area contributed by atoms with Crippen molar-refractivity contribution in [3.05, 3.63) is 41.5 Å². The topological polar surface area (TPSA) is 73.9 Å². The number of nitrogen functional groups attached to an aromatic ring is 1. The van der Waals surface area contributed by atoms with Gasteiger partial charge in [0, 0.05) is 18.3 Å². The normalized spacial score (nSPS) is 14.1. The van der Waals surface area contributed by atoms with Gasteiger partial charge < -0.3 is 10.5 Å². The molecule has 0 atom stereocenters. The molecular weight excluding hydrogens is 264 g/mol. The van der Waals surface area contributed by atoms with Crippen molar-refractivity contribution in [1.82, 2.24) is 15.0 Å². The monoisotopic (exact) mass is 284 g/mol. The van der Waals surface area contributed by atoms with Crippen molar-refractivity contribution in [2.45, 2.75) is 38.5 Å². The Kier molecular flexibility index (Phi) is 3.99. The second-order valence-electron chi connectivity index (χ2n) is 5.48. The van der Waals surface area contributed by atoms with Gasteiger partial charge in [-0.1, -0.05) is 0 Å². The third-order valence-electron chi connectivity index (χ3n) is 3.70. The van der Waals surface area contributed by atoms with Gasteiger partial charge in [-0.25, -0.2) is 4.98 Å². The van der Waals surface area contributed by atoms with Crippen LogP contribution in [0.15, 0.2) is 24.5 Å². The van der Waals surface area contributed by atoms with Crippen molar-refractivity contribution >= 4 is 5.82 Å². The molecule has 1 aliphatic rings. The van der Waals surface area contributed by atoms with Crippen molar-refractivity contribution in [1.29, 1.82) is 0 Å². The molecule has 3 rings (SSSR count). The van der Waals surface area contributed by atoms with Gasteiger partial charge in [0.2, 0.25) is 5.88 Å². The smallest absolute Gasteiger partial charge is 0.221 e. The van der Waals surface area contributed by atoms with E-state index in [0.717, 1.165) is 37.1 Å². The molecule has 0 amide bonds. The number of nitrogens with two attached hydrogens (primary N) is 1. The first-order valence-corrected chi connectivity index (χ1v) is 7.40. The number of anilines is 1. The average Bonchev–Trinajstić information content (AvgIpc) is 3.33. The molecule has 2 heterocycles. The van der Waals surface area contributed by atoms with Crippen molar-refractivity contribution in [3.8, 4) is 5.88 Å². The predicted molar refractivity (Wildman–Crippen MR) is 81.2 cm³/mol. The quantitative estimate of drug-likeness (QED) is 0.825. The van der Waals surface area contributed by atoms with E-state index in [1.807, 2.05) is 31.5 Å². The number of hydrogen-bond donors (Lipinski definition) is 1. The molecule has 0 aliphatic heterocycles. The van der Waals surface area contributed by atoms with Crippen LogP contribution in [-0.2, 0) is 6.42 Å². The Balaban J connectivity index is 1.57. The van der Waals surface area contributed by atoms with Gasteiger partial charge in [-0.2, -0.15) is 4.98 Å². The van der Waals surface area contributed by atoms with Gasteiger partial charge in [0.25, 0.3) is 0 Å². The largest absolute Gasteiger partial charge is 0.477 e. The lowest BCUT2D eigenvalue weighted by Gasteiger charge is -2.11. The summed E-state index contributed by atoms with van der Waals surface area (Å²) in [5.41, 5.74) is 8.05. The second-order valence-corrected chi connectivity index (χ2v) is 5.48. The molecular formula is C16H20N4O. The highest BCUT2D eigenvalue weighted by Crippen LogP contribution is 2.39. The number of aromatic nitrogens is 3. The molecule has 110 valence electrons. The maximum atomic E-state index is 5.94. The van der Waals surface area contributed by atoms with Gasteiger partial charge in [-0.3, -0.25) is 4.98 Å². The second kappa shape index (κ2) is 6.08. The number of aryl methyl sites for hydroxylation is 1. The van der Waals surface area contributed by atoms with Gasteiger partial charge in [0.15, 0.2) is 0 Å². The first-order chi connectivity index (χ1) is 10.2. The number of rotatable bonds is 6. The zero-order valence-electron chi connectivity index (χ0n) is 12.2. The first kappa shape index (κ1) is 13.8. The third-order valence-corrected chi connectivity index (χ3v) is 3.70. The van der Waals surface area contributed by atoms with Crippen LogP contribution >= 0.6 is 0 Å². The Bertz CT molecular complexity index is 611. The molecule has 5 heteroatoms. The molecule has 0 aromatic carbocycles. The van der Waals surface area contributed by atoms with E-state index in [-0.39, 0.29) is 0 Å². The summed E-state index contributed by atoms with van der Waals surface area (Å²) in [7, 11) is 0. The zero-order valence-corrected chi connectivity index (χ0v) is 12.2. The Morgan fingerprint density at radius 2 is 2.00 bits per heavy atom. The van der Waals surface area contributed by atoms with Crippen LogP contribution in [0, 0.1) is 6.92 Å². The van der Waals surface area contributed by atoms with E-state index in [1.165, 1.54) is 5.56 Å². The fourth-order valence-corrected chi connectivity index (χ4v) is 2.19. The van der Waals surface area contributed by atoms with Crippen LogP contribution in [0.2, 0.25) is 0 Å². The van der Waals surface area contributed by atoms with E-state index < -0.39 is 0 Å². The zero-order chi connectivity index (χ0) is 14.7. The van der Waals surface area contributed by atoms with Crippen LogP contribution in [0.3, 0.4) is 0 Å². The predicted octanol–water partition coefficient (Wildman–Crippen LogP) is 2.65. The van der Waals surface area contributed by atoms with Crippen molar-refractivity contribution in [2.75, 3.05) is 12.3 Å². The summed E-state index contributed by atoms with van der Waals surface area (Å²) in [5.74, 6) is 2.49. The standard InChI is InChI=1S/C16H20N4O/c1-11-14(17)19-15(13-4-5-13)20-16(11)21-10-2-3-12-6-8-18-9-7-12/h6-9,13H,2-5,10H2,1H3,(H2,17,19,20). The van der Waals surface area contributed by atoms with Crippen LogP contribution < -0.4 is 10.5 Å². The minimum atomic E-state index is 0.479. The summed E-state index contributed by atoms with van der Waals surface area (Å²) in [6.45, 7) is 2.54. The highest BCUT2D eigenvalue weighted by Gasteiger charge is 2.28. The SMILES string of the molecule is Cc1c(N)nc(C2CC2)nc1OCCCc1ccncc1. The fourth-order valence-electron chi connectivity index (χ4n) is 2.19. The van der Waals surface area contributed by atoms with E-state index in [0.29, 0.717) is 24.2 Å². The summed E-state index contributed by atoms with van der Waals surface area (Å²) in [6, 6.07) is 4.05. The van der Waals surface area contributed by atoms with Gasteiger partial charge in [-0.05, 0) is 50.3 Å². The Labute approximate surface area is 124 Å². The van der Waals surface area contributed by atoms with Gasteiger partial charge >= 0.3 is 0 Å². The van der Waals surface area contributed by atoms with Gasteiger partial charge in [0.05, 0.1) is 12.2 Å². The molecule has 1 aliphatic carbocycles. The fraction of sp³-hybridized carbons (Fsp3) is 0.438. The third kappa shape index (κ3) is 3.48. The molecule has 2 aromatic rings. The van der Waals surface area contributed by atoms with Gasteiger partial charge in [-0.15, -0.1) is 0 Å². The number of ether oxygens (including phenoxy) is 1. The lowest BCUT2D eigenvalue weighted by Crippen LogP contribution is -2.08. The minimum absolute atomic E-state index is 0.479. The summed E-state index contributed by atoms with van der Waals surface area (Å²) >= 11 is 0. The van der Waals surface area contributed by atoms with E-state index in [9.17, 15) is 0 Å². The molecule has 2 aromatic heterocycles. The molecule has 0 spiro atoms. The summed E-state index contributed by atoms with van der Waals surface area (Å²) < 4.78 is 5.81. The van der Waals surface area contributed by atoms with E-state index in [2.05, 4.69) is 15.0 Å². The lowest BCUT2D eigenvalue weighted by atomic mass is 10.1. The van der Waals surface area contributed by atoms with Crippen LogP contribution in [0.5, 0.6) is 5.88 Å². The summed E-state index contributed by atoms with van der Waals surface area (Å²) in [5, 5.41) is 0. The molecule has 21 heavy (non-hydrogen) atoms. The number of nitrogens with zero attached hydrogens (tertiary/aromatic N) is 3. The maximum Gasteiger partial charge on any atom is 0.221 e. The Morgan fingerprint density at radius 1 is 1.24 bits per heavy atom. The van der Waals surface area contributed by atoms with Crippen molar-refractivity contribution in [2.24, 2.45) is 0 Å². The van der Waals surface area contributed by atoms with Crippen LogP contribution in [0.25, 0.3) is 0 Å². The lowest BCUT2D eigenvalue weighted by molar-refractivity contribution is 0.295. The van der Waals surface area contributed by atoms with E-state index in [4.69, 9.17) is 10.5 Å². The summed E-state index contributed by atoms with van der Waals surface area (Å²) in [4.78, 5) is 12.9. The minimum Gasteiger partial charge on any atom is -0.477 e. The number of pyridine rings is 1. The molecule has 0 bridgehead atoms. The van der Waals surface area contributed by atoms with E-state index in [1.54, 1.807) is 0 Å². The molecule has 2 N–H and O–H groups in total. The van der Waals surface area contributed by atoms with Crippen LogP contribution in [0.1, 0.15) is 42.1 Å². The highest BCUT2D eigenvalue weighted by atomic mass is 16.5. The van der Waals surface area contributed by atoms with Crippen molar-refractivity contribution < 1.29 is 4.74 Å².